The number of amides is 1. The minimum absolute atomic E-state index is 0.218. The Bertz CT molecular complexity index is 491. The molecule has 2 rings (SSSR count). The monoisotopic (exact) mass is 269 g/mol. The smallest absolute Gasteiger partial charge is 0.257 e. The van der Waals surface area contributed by atoms with Crippen LogP contribution in [0, 0.1) is 18.6 Å². The zero-order valence-corrected chi connectivity index (χ0v) is 10.7. The summed E-state index contributed by atoms with van der Waals surface area (Å²) >= 11 is 0. The van der Waals surface area contributed by atoms with Gasteiger partial charge in [-0.3, -0.25) is 4.79 Å². The summed E-state index contributed by atoms with van der Waals surface area (Å²) in [5.74, 6) is -2.53. The molecule has 2 N–H and O–H groups in total. The molecule has 0 radical (unpaired) electrons. The van der Waals surface area contributed by atoms with Crippen LogP contribution in [-0.4, -0.2) is 23.2 Å². The number of aryl methyl sites for hydroxylation is 1. The first-order valence-electron chi connectivity index (χ1n) is 6.44. The van der Waals surface area contributed by atoms with E-state index >= 15 is 0 Å². The Morgan fingerprint density at radius 3 is 2.68 bits per heavy atom. The number of carbonyl (C=O) groups is 1. The molecule has 0 aromatic heterocycles. The van der Waals surface area contributed by atoms with E-state index in [9.17, 15) is 18.7 Å². The fraction of sp³-hybridized carbons (Fsp3) is 0.500. The van der Waals surface area contributed by atoms with Crippen LogP contribution in [0.25, 0.3) is 0 Å². The predicted molar refractivity (Wildman–Crippen MR) is 66.8 cm³/mol. The Morgan fingerprint density at radius 2 is 2.00 bits per heavy atom. The number of benzene rings is 1. The molecule has 0 unspecified atom stereocenters. The lowest BCUT2D eigenvalue weighted by atomic mass is 9.92. The van der Waals surface area contributed by atoms with Gasteiger partial charge in [-0.1, -0.05) is 18.9 Å². The van der Waals surface area contributed by atoms with Gasteiger partial charge in [0, 0.05) is 0 Å². The van der Waals surface area contributed by atoms with Crippen LogP contribution in [-0.2, 0) is 0 Å². The Labute approximate surface area is 110 Å². The molecule has 0 spiro atoms. The number of aliphatic hydroxyl groups excluding tert-OH is 1. The first-order valence-corrected chi connectivity index (χ1v) is 6.44. The molecule has 2 atom stereocenters. The van der Waals surface area contributed by atoms with Gasteiger partial charge in [0.1, 0.15) is 17.2 Å². The second-order valence-corrected chi connectivity index (χ2v) is 4.99. The van der Waals surface area contributed by atoms with E-state index in [2.05, 4.69) is 5.32 Å². The number of rotatable bonds is 2. The minimum atomic E-state index is -0.883. The van der Waals surface area contributed by atoms with E-state index in [4.69, 9.17) is 0 Å². The largest absolute Gasteiger partial charge is 0.391 e. The maximum absolute atomic E-state index is 13.8. The Hall–Kier alpha value is -1.49. The van der Waals surface area contributed by atoms with Crippen molar-refractivity contribution in [2.45, 2.75) is 44.8 Å². The molecule has 1 aliphatic rings. The van der Waals surface area contributed by atoms with Gasteiger partial charge in [-0.25, -0.2) is 8.78 Å². The Morgan fingerprint density at radius 1 is 1.32 bits per heavy atom. The van der Waals surface area contributed by atoms with Crippen molar-refractivity contribution in [2.24, 2.45) is 0 Å². The molecule has 1 fully saturated rings. The summed E-state index contributed by atoms with van der Waals surface area (Å²) in [6, 6.07) is 1.93. The van der Waals surface area contributed by atoms with Gasteiger partial charge in [-0.15, -0.1) is 0 Å². The number of hydrogen-bond donors (Lipinski definition) is 2. The van der Waals surface area contributed by atoms with Gasteiger partial charge in [0.05, 0.1) is 12.1 Å². The van der Waals surface area contributed by atoms with E-state index in [1.165, 1.54) is 13.0 Å². The van der Waals surface area contributed by atoms with E-state index in [1.54, 1.807) is 0 Å². The summed E-state index contributed by atoms with van der Waals surface area (Å²) in [7, 11) is 0. The maximum atomic E-state index is 13.8. The van der Waals surface area contributed by atoms with Crippen molar-refractivity contribution < 1.29 is 18.7 Å². The topological polar surface area (TPSA) is 49.3 Å². The second kappa shape index (κ2) is 5.65. The van der Waals surface area contributed by atoms with Gasteiger partial charge in [0.2, 0.25) is 0 Å². The third-order valence-corrected chi connectivity index (χ3v) is 3.56. The fourth-order valence-electron chi connectivity index (χ4n) is 2.39. The van der Waals surface area contributed by atoms with Crippen LogP contribution >= 0.6 is 0 Å². The van der Waals surface area contributed by atoms with E-state index in [-0.39, 0.29) is 5.56 Å². The Kier molecular flexibility index (Phi) is 4.14. The van der Waals surface area contributed by atoms with Crippen LogP contribution in [0.3, 0.4) is 0 Å². The van der Waals surface area contributed by atoms with E-state index in [0.717, 1.165) is 18.9 Å². The SMILES string of the molecule is Cc1ccc(F)c(C(=O)N[C@H]2CCCC[C@@H]2O)c1F. The number of hydrogen-bond acceptors (Lipinski definition) is 2. The third kappa shape index (κ3) is 2.92. The molecule has 3 nitrogen and oxygen atoms in total. The van der Waals surface area contributed by atoms with Crippen LogP contribution in [0.4, 0.5) is 8.78 Å². The normalized spacial score (nSPS) is 23.2. The van der Waals surface area contributed by atoms with E-state index in [0.29, 0.717) is 12.8 Å². The summed E-state index contributed by atoms with van der Waals surface area (Å²) in [6.07, 6.45) is 2.38. The second-order valence-electron chi connectivity index (χ2n) is 4.99. The molecule has 19 heavy (non-hydrogen) atoms. The van der Waals surface area contributed by atoms with Gasteiger partial charge in [-0.05, 0) is 31.4 Å². The van der Waals surface area contributed by atoms with Gasteiger partial charge in [-0.2, -0.15) is 0 Å². The van der Waals surface area contributed by atoms with Crippen molar-refractivity contribution in [3.63, 3.8) is 0 Å². The molecule has 0 aliphatic heterocycles. The lowest BCUT2D eigenvalue weighted by Crippen LogP contribution is -2.45. The zero-order valence-electron chi connectivity index (χ0n) is 10.7. The standard InChI is InChI=1S/C14H17F2NO2/c1-8-6-7-9(15)12(13(8)16)14(19)17-10-4-2-3-5-11(10)18/h6-7,10-11,18H,2-5H2,1H3,(H,17,19)/t10-,11-/m0/s1. The molecule has 1 aliphatic carbocycles. The molecule has 1 amide bonds. The van der Waals surface area contributed by atoms with Crippen LogP contribution in [0.1, 0.15) is 41.6 Å². The Balaban J connectivity index is 2.18. The third-order valence-electron chi connectivity index (χ3n) is 3.56. The fourth-order valence-corrected chi connectivity index (χ4v) is 2.39. The molecule has 1 aromatic rings. The van der Waals surface area contributed by atoms with Crippen LogP contribution in [0.5, 0.6) is 0 Å². The summed E-state index contributed by atoms with van der Waals surface area (Å²) in [5.41, 5.74) is -0.353. The molecule has 1 saturated carbocycles. The van der Waals surface area contributed by atoms with Crippen LogP contribution < -0.4 is 5.32 Å². The average molecular weight is 269 g/mol. The van der Waals surface area contributed by atoms with Gasteiger partial charge < -0.3 is 10.4 Å². The van der Waals surface area contributed by atoms with Crippen LogP contribution in [0.15, 0.2) is 12.1 Å². The van der Waals surface area contributed by atoms with Crippen molar-refractivity contribution in [3.8, 4) is 0 Å². The number of carbonyl (C=O) groups excluding carboxylic acids is 1. The highest BCUT2D eigenvalue weighted by Crippen LogP contribution is 2.20. The summed E-state index contributed by atoms with van der Waals surface area (Å²) in [5, 5.41) is 12.3. The molecule has 104 valence electrons. The van der Waals surface area contributed by atoms with Crippen LogP contribution in [0.2, 0.25) is 0 Å². The molecule has 0 heterocycles. The highest BCUT2D eigenvalue weighted by Gasteiger charge is 2.27. The van der Waals surface area contributed by atoms with Crippen molar-refractivity contribution >= 4 is 5.91 Å². The lowest BCUT2D eigenvalue weighted by Gasteiger charge is -2.28. The van der Waals surface area contributed by atoms with Gasteiger partial charge >= 0.3 is 0 Å². The van der Waals surface area contributed by atoms with Crippen molar-refractivity contribution in [3.05, 3.63) is 34.9 Å². The van der Waals surface area contributed by atoms with E-state index < -0.39 is 35.3 Å². The molecule has 5 heteroatoms. The average Bonchev–Trinajstić information content (AvgIpc) is 2.37. The van der Waals surface area contributed by atoms with Gasteiger partial charge in [0.25, 0.3) is 5.91 Å². The van der Waals surface area contributed by atoms with Gasteiger partial charge in [0.15, 0.2) is 0 Å². The molecular formula is C14H17F2NO2. The quantitative estimate of drug-likeness (QED) is 0.865. The summed E-state index contributed by atoms with van der Waals surface area (Å²) in [6.45, 7) is 1.47. The summed E-state index contributed by atoms with van der Waals surface area (Å²) < 4.78 is 27.4. The highest BCUT2D eigenvalue weighted by molar-refractivity contribution is 5.95. The number of halogens is 2. The van der Waals surface area contributed by atoms with E-state index in [1.807, 2.05) is 0 Å². The zero-order chi connectivity index (χ0) is 14.0. The molecule has 0 saturated heterocycles. The number of aliphatic hydroxyl groups is 1. The minimum Gasteiger partial charge on any atom is -0.391 e. The van der Waals surface area contributed by atoms with Crippen molar-refractivity contribution in [2.75, 3.05) is 0 Å². The molecule has 1 aromatic carbocycles. The maximum Gasteiger partial charge on any atom is 0.257 e. The first-order chi connectivity index (χ1) is 9.00. The highest BCUT2D eigenvalue weighted by atomic mass is 19.1. The van der Waals surface area contributed by atoms with Crippen molar-refractivity contribution in [1.82, 2.24) is 5.32 Å². The number of nitrogens with one attached hydrogen (secondary N) is 1. The summed E-state index contributed by atoms with van der Waals surface area (Å²) in [4.78, 5) is 12.0. The predicted octanol–water partition coefficient (Wildman–Crippen LogP) is 2.31. The molecular weight excluding hydrogens is 252 g/mol. The lowest BCUT2D eigenvalue weighted by molar-refractivity contribution is 0.0711. The molecule has 0 bridgehead atoms. The first kappa shape index (κ1) is 13.9. The van der Waals surface area contributed by atoms with Crippen molar-refractivity contribution in [1.29, 1.82) is 0 Å².